The van der Waals surface area contributed by atoms with Crippen LogP contribution in [0, 0.1) is 0 Å². The number of amides is 1. The fraction of sp³-hybridized carbons (Fsp3) is 0.227. The van der Waals surface area contributed by atoms with E-state index in [1.807, 2.05) is 24.1 Å². The lowest BCUT2D eigenvalue weighted by Gasteiger charge is -2.17. The summed E-state index contributed by atoms with van der Waals surface area (Å²) in [5.41, 5.74) is 1.58. The highest BCUT2D eigenvalue weighted by Gasteiger charge is 2.17. The van der Waals surface area contributed by atoms with E-state index >= 15 is 0 Å². The average Bonchev–Trinajstić information content (AvgIpc) is 2.67. The van der Waals surface area contributed by atoms with Crippen LogP contribution in [0.1, 0.15) is 5.56 Å². The molecule has 1 N–H and O–H groups in total. The van der Waals surface area contributed by atoms with Crippen molar-refractivity contribution in [2.24, 2.45) is 0 Å². The molecule has 3 aromatic rings. The summed E-state index contributed by atoms with van der Waals surface area (Å²) in [7, 11) is 1.28. The molecule has 3 rings (SSSR count). The van der Waals surface area contributed by atoms with Gasteiger partial charge in [-0.1, -0.05) is 42.5 Å². The number of rotatable bonds is 7. The van der Waals surface area contributed by atoms with Gasteiger partial charge >= 0.3 is 0 Å². The van der Waals surface area contributed by atoms with Gasteiger partial charge in [-0.05, 0) is 47.6 Å². The number of benzene rings is 3. The maximum absolute atomic E-state index is 12.4. The number of carbonyl (C=O) groups excluding carboxylic acids is 1. The minimum absolute atomic E-state index is 0.143. The van der Waals surface area contributed by atoms with E-state index in [0.717, 1.165) is 9.87 Å². The number of nitrogens with one attached hydrogen (secondary N) is 1. The van der Waals surface area contributed by atoms with Crippen LogP contribution >= 0.6 is 0 Å². The number of sulfonamides is 1. The molecule has 1 amide bonds. The van der Waals surface area contributed by atoms with Gasteiger partial charge in [0.25, 0.3) is 0 Å². The number of carbonyl (C=O) groups is 1. The minimum atomic E-state index is -3.55. The van der Waals surface area contributed by atoms with Gasteiger partial charge in [0, 0.05) is 26.3 Å². The Morgan fingerprint density at radius 3 is 2.34 bits per heavy atom. The first kappa shape index (κ1) is 21.0. The zero-order valence-corrected chi connectivity index (χ0v) is 17.6. The molecule has 0 heterocycles. The van der Waals surface area contributed by atoms with E-state index < -0.39 is 10.0 Å². The van der Waals surface area contributed by atoms with Crippen molar-refractivity contribution in [2.45, 2.75) is 11.4 Å². The topological polar surface area (TPSA) is 69.7 Å². The van der Waals surface area contributed by atoms with Gasteiger partial charge < -0.3 is 5.32 Å². The second-order valence-electron chi connectivity index (χ2n) is 7.22. The number of hydrogen-bond donors (Lipinski definition) is 1. The standard InChI is InChI=1S/C22H25N3O3S/c1-24(2)29(27,28)21-10-6-9-20(14-21)23-22(26)16-25(3)15-17-11-12-18-7-4-5-8-19(18)13-17/h4-14H,15-16H2,1-3H3,(H,23,26). The van der Waals surface area contributed by atoms with Crippen LogP contribution < -0.4 is 5.32 Å². The van der Waals surface area contributed by atoms with Crippen LogP contribution in [0.5, 0.6) is 0 Å². The Kier molecular flexibility index (Phi) is 6.32. The second-order valence-corrected chi connectivity index (χ2v) is 9.37. The lowest BCUT2D eigenvalue weighted by Crippen LogP contribution is -2.30. The first-order chi connectivity index (χ1) is 13.8. The van der Waals surface area contributed by atoms with Gasteiger partial charge in [0.05, 0.1) is 11.4 Å². The molecular formula is C22H25N3O3S. The molecule has 0 fully saturated rings. The maximum atomic E-state index is 12.4. The minimum Gasteiger partial charge on any atom is -0.325 e. The van der Waals surface area contributed by atoms with E-state index in [0.29, 0.717) is 12.2 Å². The zero-order chi connectivity index (χ0) is 21.0. The highest BCUT2D eigenvalue weighted by Crippen LogP contribution is 2.19. The summed E-state index contributed by atoms with van der Waals surface area (Å²) in [6.07, 6.45) is 0. The van der Waals surface area contributed by atoms with E-state index in [9.17, 15) is 13.2 Å². The average molecular weight is 412 g/mol. The Morgan fingerprint density at radius 1 is 0.897 bits per heavy atom. The largest absolute Gasteiger partial charge is 0.325 e. The molecule has 0 radical (unpaired) electrons. The molecule has 0 aliphatic rings. The molecule has 0 unspecified atom stereocenters. The Hall–Kier alpha value is -2.74. The molecule has 152 valence electrons. The summed E-state index contributed by atoms with van der Waals surface area (Å²) < 4.78 is 25.6. The molecule has 0 spiro atoms. The monoisotopic (exact) mass is 411 g/mol. The summed E-state index contributed by atoms with van der Waals surface area (Å²) >= 11 is 0. The number of likely N-dealkylation sites (N-methyl/N-ethyl adjacent to an activating group) is 1. The van der Waals surface area contributed by atoms with Crippen molar-refractivity contribution in [1.82, 2.24) is 9.21 Å². The highest BCUT2D eigenvalue weighted by atomic mass is 32.2. The van der Waals surface area contributed by atoms with Gasteiger partial charge in [0.2, 0.25) is 15.9 Å². The summed E-state index contributed by atoms with van der Waals surface area (Å²) in [5, 5.41) is 5.13. The van der Waals surface area contributed by atoms with Gasteiger partial charge in [-0.2, -0.15) is 0 Å². The van der Waals surface area contributed by atoms with Crippen molar-refractivity contribution in [1.29, 1.82) is 0 Å². The number of nitrogens with zero attached hydrogens (tertiary/aromatic N) is 2. The fourth-order valence-corrected chi connectivity index (χ4v) is 4.04. The third kappa shape index (κ3) is 5.20. The Balaban J connectivity index is 1.63. The van der Waals surface area contributed by atoms with Crippen LogP contribution in [-0.4, -0.2) is 51.2 Å². The number of hydrogen-bond acceptors (Lipinski definition) is 4. The smallest absolute Gasteiger partial charge is 0.242 e. The van der Waals surface area contributed by atoms with Crippen LogP contribution in [0.2, 0.25) is 0 Å². The van der Waals surface area contributed by atoms with E-state index in [-0.39, 0.29) is 17.3 Å². The van der Waals surface area contributed by atoms with Crippen LogP contribution in [0.4, 0.5) is 5.69 Å². The second kappa shape index (κ2) is 8.73. The summed E-state index contributed by atoms with van der Waals surface area (Å²) in [4.78, 5) is 14.5. The van der Waals surface area contributed by atoms with Gasteiger partial charge in [-0.25, -0.2) is 12.7 Å². The van der Waals surface area contributed by atoms with Gasteiger partial charge in [-0.15, -0.1) is 0 Å². The quantitative estimate of drug-likeness (QED) is 0.648. The maximum Gasteiger partial charge on any atom is 0.242 e. The molecule has 0 bridgehead atoms. The molecule has 0 atom stereocenters. The Bertz CT molecular complexity index is 1130. The predicted octanol–water partition coefficient (Wildman–Crippen LogP) is 3.16. The Morgan fingerprint density at radius 2 is 1.62 bits per heavy atom. The SMILES string of the molecule is CN(CC(=O)Nc1cccc(S(=O)(=O)N(C)C)c1)Cc1ccc2ccccc2c1. The molecule has 29 heavy (non-hydrogen) atoms. The number of anilines is 1. The van der Waals surface area contributed by atoms with Crippen molar-refractivity contribution in [3.05, 3.63) is 72.3 Å². The molecule has 0 saturated heterocycles. The van der Waals surface area contributed by atoms with E-state index in [1.54, 1.807) is 12.1 Å². The van der Waals surface area contributed by atoms with Crippen LogP contribution in [0.15, 0.2) is 71.6 Å². The number of fused-ring (bicyclic) bond motifs is 1. The van der Waals surface area contributed by atoms with Crippen molar-refractivity contribution in [3.63, 3.8) is 0 Å². The first-order valence-corrected chi connectivity index (χ1v) is 10.7. The van der Waals surface area contributed by atoms with Gasteiger partial charge in [-0.3, -0.25) is 9.69 Å². The molecule has 3 aromatic carbocycles. The van der Waals surface area contributed by atoms with Gasteiger partial charge in [0.15, 0.2) is 0 Å². The van der Waals surface area contributed by atoms with Crippen molar-refractivity contribution >= 4 is 32.4 Å². The Labute approximate surface area is 171 Å². The van der Waals surface area contributed by atoms with Crippen LogP contribution in [0.3, 0.4) is 0 Å². The summed E-state index contributed by atoms with van der Waals surface area (Å²) in [6.45, 7) is 0.824. The van der Waals surface area contributed by atoms with Crippen LogP contribution in [0.25, 0.3) is 10.8 Å². The van der Waals surface area contributed by atoms with E-state index in [2.05, 4.69) is 35.6 Å². The van der Waals surface area contributed by atoms with E-state index in [1.165, 1.54) is 37.0 Å². The van der Waals surface area contributed by atoms with Crippen LogP contribution in [-0.2, 0) is 21.4 Å². The summed E-state index contributed by atoms with van der Waals surface area (Å²) in [6, 6.07) is 20.7. The van der Waals surface area contributed by atoms with Crippen molar-refractivity contribution in [3.8, 4) is 0 Å². The predicted molar refractivity (Wildman–Crippen MR) is 116 cm³/mol. The molecule has 6 nitrogen and oxygen atoms in total. The fourth-order valence-electron chi connectivity index (χ4n) is 3.10. The normalized spacial score (nSPS) is 11.9. The molecule has 0 aliphatic heterocycles. The van der Waals surface area contributed by atoms with Gasteiger partial charge in [0.1, 0.15) is 0 Å². The molecule has 7 heteroatoms. The lowest BCUT2D eigenvalue weighted by atomic mass is 10.1. The van der Waals surface area contributed by atoms with E-state index in [4.69, 9.17) is 0 Å². The molecule has 0 saturated carbocycles. The third-order valence-corrected chi connectivity index (χ3v) is 6.39. The first-order valence-electron chi connectivity index (χ1n) is 9.24. The molecular weight excluding hydrogens is 386 g/mol. The summed E-state index contributed by atoms with van der Waals surface area (Å²) in [5.74, 6) is -0.201. The lowest BCUT2D eigenvalue weighted by molar-refractivity contribution is -0.117. The molecule has 0 aliphatic carbocycles. The van der Waals surface area contributed by atoms with Crippen molar-refractivity contribution < 1.29 is 13.2 Å². The van der Waals surface area contributed by atoms with Crippen molar-refractivity contribution in [2.75, 3.05) is 33.0 Å². The highest BCUT2D eigenvalue weighted by molar-refractivity contribution is 7.89. The zero-order valence-electron chi connectivity index (χ0n) is 16.8. The third-order valence-electron chi connectivity index (χ3n) is 4.58. The molecule has 0 aromatic heterocycles.